The van der Waals surface area contributed by atoms with E-state index in [1.54, 1.807) is 12.1 Å². The molecule has 3 N–H and O–H groups in total. The lowest BCUT2D eigenvalue weighted by Crippen LogP contribution is -2.65. The van der Waals surface area contributed by atoms with Gasteiger partial charge in [-0.3, -0.25) is 14.4 Å². The van der Waals surface area contributed by atoms with E-state index in [0.717, 1.165) is 51.4 Å². The van der Waals surface area contributed by atoms with Gasteiger partial charge >= 0.3 is 7.12 Å². The van der Waals surface area contributed by atoms with Gasteiger partial charge in [0.2, 0.25) is 11.8 Å². The van der Waals surface area contributed by atoms with Crippen LogP contribution in [0, 0.1) is 23.2 Å². The van der Waals surface area contributed by atoms with Crippen molar-refractivity contribution in [2.45, 2.75) is 116 Å². The van der Waals surface area contributed by atoms with Gasteiger partial charge in [0.05, 0.1) is 17.6 Å². The number of aryl methyl sites for hydroxylation is 1. The molecular formula is C32H48BN3O5. The van der Waals surface area contributed by atoms with E-state index in [2.05, 4.69) is 50.6 Å². The Labute approximate surface area is 245 Å². The summed E-state index contributed by atoms with van der Waals surface area (Å²) < 4.78 is 13.2. The molecule has 224 valence electrons. The minimum Gasteiger partial charge on any atom is -0.404 e. The van der Waals surface area contributed by atoms with Crippen LogP contribution in [0.15, 0.2) is 24.3 Å². The van der Waals surface area contributed by atoms with Crippen LogP contribution in [0.2, 0.25) is 0 Å². The first-order valence-electron chi connectivity index (χ1n) is 15.9. The van der Waals surface area contributed by atoms with Crippen LogP contribution in [0.4, 0.5) is 0 Å². The highest BCUT2D eigenvalue weighted by molar-refractivity contribution is 6.47. The SMILES string of the molecule is CCCCc1ccc(C(=O)N[C@@H](CNC(=O)C2CC2)C(=O)N[C@@H](CCC)B2O[C@@H]3C[C@@H]4CC(C4(C)C)[C@]3(C)O2)cc1. The lowest BCUT2D eigenvalue weighted by atomic mass is 9.43. The Hall–Kier alpha value is -2.39. The number of nitrogens with one attached hydrogen (secondary N) is 3. The van der Waals surface area contributed by atoms with E-state index in [4.69, 9.17) is 9.31 Å². The smallest absolute Gasteiger partial charge is 0.404 e. The fourth-order valence-corrected chi connectivity index (χ4v) is 7.29. The van der Waals surface area contributed by atoms with Crippen molar-refractivity contribution in [3.05, 3.63) is 35.4 Å². The molecule has 2 bridgehead atoms. The van der Waals surface area contributed by atoms with Gasteiger partial charge in [-0.2, -0.15) is 0 Å². The van der Waals surface area contributed by atoms with E-state index in [-0.39, 0.29) is 53.2 Å². The van der Waals surface area contributed by atoms with Gasteiger partial charge < -0.3 is 25.3 Å². The molecule has 6 atom stereocenters. The third-order valence-corrected chi connectivity index (χ3v) is 10.3. The summed E-state index contributed by atoms with van der Waals surface area (Å²) in [6, 6.07) is 6.61. The van der Waals surface area contributed by atoms with Gasteiger partial charge in [0.15, 0.2) is 0 Å². The van der Waals surface area contributed by atoms with Crippen molar-refractivity contribution in [2.75, 3.05) is 6.54 Å². The molecule has 3 amide bonds. The summed E-state index contributed by atoms with van der Waals surface area (Å²) in [6.07, 6.45) is 8.61. The summed E-state index contributed by atoms with van der Waals surface area (Å²) in [4.78, 5) is 39.3. The highest BCUT2D eigenvalue weighted by Gasteiger charge is 2.68. The normalized spacial score (nSPS) is 29.1. The number of carbonyl (C=O) groups excluding carboxylic acids is 3. The predicted molar refractivity (Wildman–Crippen MR) is 159 cm³/mol. The number of unbranched alkanes of at least 4 members (excludes halogenated alkanes) is 1. The number of rotatable bonds is 13. The first-order valence-corrected chi connectivity index (χ1v) is 15.9. The molecular weight excluding hydrogens is 517 g/mol. The molecule has 1 aliphatic heterocycles. The molecule has 0 radical (unpaired) electrons. The molecule has 8 nitrogen and oxygen atoms in total. The first-order chi connectivity index (χ1) is 19.6. The van der Waals surface area contributed by atoms with Crippen LogP contribution < -0.4 is 16.0 Å². The quantitative estimate of drug-likeness (QED) is 0.311. The number of amides is 3. The van der Waals surface area contributed by atoms with Gasteiger partial charge in [0.25, 0.3) is 5.91 Å². The second-order valence-corrected chi connectivity index (χ2v) is 13.6. The van der Waals surface area contributed by atoms with Crippen molar-refractivity contribution in [2.24, 2.45) is 23.2 Å². The van der Waals surface area contributed by atoms with Crippen LogP contribution in [0.5, 0.6) is 0 Å². The monoisotopic (exact) mass is 565 g/mol. The molecule has 0 aromatic heterocycles. The number of benzene rings is 1. The lowest BCUT2D eigenvalue weighted by Gasteiger charge is -2.64. The van der Waals surface area contributed by atoms with Crippen LogP contribution in [0.25, 0.3) is 0 Å². The maximum absolute atomic E-state index is 13.7. The van der Waals surface area contributed by atoms with Gasteiger partial charge in [-0.1, -0.05) is 52.7 Å². The van der Waals surface area contributed by atoms with Gasteiger partial charge in [-0.05, 0) is 86.8 Å². The van der Waals surface area contributed by atoms with E-state index in [9.17, 15) is 14.4 Å². The van der Waals surface area contributed by atoms with E-state index >= 15 is 0 Å². The van der Waals surface area contributed by atoms with E-state index in [1.165, 1.54) is 5.56 Å². The Bertz CT molecular complexity index is 1120. The molecule has 41 heavy (non-hydrogen) atoms. The molecule has 5 aliphatic rings. The molecule has 6 rings (SSSR count). The summed E-state index contributed by atoms with van der Waals surface area (Å²) in [5.74, 6) is -0.0201. The van der Waals surface area contributed by atoms with Crippen molar-refractivity contribution in [3.8, 4) is 0 Å². The van der Waals surface area contributed by atoms with Crippen LogP contribution in [0.1, 0.15) is 102 Å². The van der Waals surface area contributed by atoms with Gasteiger partial charge in [-0.15, -0.1) is 0 Å². The minimum atomic E-state index is -0.921. The third-order valence-electron chi connectivity index (χ3n) is 10.3. The molecule has 4 saturated carbocycles. The maximum Gasteiger partial charge on any atom is 0.481 e. The Morgan fingerprint density at radius 2 is 1.76 bits per heavy atom. The summed E-state index contributed by atoms with van der Waals surface area (Å²) in [6.45, 7) is 11.1. The Balaban J connectivity index is 1.26. The Morgan fingerprint density at radius 3 is 2.39 bits per heavy atom. The Kier molecular flexibility index (Phi) is 8.86. The number of hydrogen-bond donors (Lipinski definition) is 3. The molecule has 1 aromatic rings. The second-order valence-electron chi connectivity index (χ2n) is 13.6. The summed E-state index contributed by atoms with van der Waals surface area (Å²) >= 11 is 0. The van der Waals surface area contributed by atoms with Gasteiger partial charge in [-0.25, -0.2) is 0 Å². The van der Waals surface area contributed by atoms with Gasteiger partial charge in [0, 0.05) is 18.0 Å². The third kappa shape index (κ3) is 6.22. The standard InChI is InChI=1S/C32H48BN3O5/c1-6-8-10-20-11-13-22(14-12-20)29(38)35-24(19-34-28(37)21-15-16-21)30(39)36-27(9-7-2)33-40-26-18-23-17-25(31(23,3)4)32(26,5)41-33/h11-14,21,23-27H,6-10,15-19H2,1-5H3,(H,34,37)(H,35,38)(H,36,39)/t23-,24-,25?,26+,27-,32-/m0/s1. The fraction of sp³-hybridized carbons (Fsp3) is 0.719. The van der Waals surface area contributed by atoms with Crippen LogP contribution in [-0.4, -0.2) is 55.1 Å². The fourth-order valence-electron chi connectivity index (χ4n) is 7.29. The van der Waals surface area contributed by atoms with Crippen molar-refractivity contribution in [1.29, 1.82) is 0 Å². The largest absolute Gasteiger partial charge is 0.481 e. The zero-order valence-electron chi connectivity index (χ0n) is 25.5. The summed E-state index contributed by atoms with van der Waals surface area (Å²) in [7, 11) is -0.544. The van der Waals surface area contributed by atoms with E-state index in [1.807, 2.05) is 12.1 Å². The van der Waals surface area contributed by atoms with Crippen LogP contribution >= 0.6 is 0 Å². The molecule has 1 unspecified atom stereocenters. The second kappa shape index (κ2) is 12.1. The molecule has 0 spiro atoms. The highest BCUT2D eigenvalue weighted by Crippen LogP contribution is 2.65. The molecule has 5 fully saturated rings. The molecule has 9 heteroatoms. The molecule has 1 aromatic carbocycles. The molecule has 1 saturated heterocycles. The topological polar surface area (TPSA) is 106 Å². The average molecular weight is 566 g/mol. The highest BCUT2D eigenvalue weighted by atomic mass is 16.7. The lowest BCUT2D eigenvalue weighted by molar-refractivity contribution is -0.199. The first kappa shape index (κ1) is 30.1. The van der Waals surface area contributed by atoms with Crippen LogP contribution in [0.3, 0.4) is 0 Å². The maximum atomic E-state index is 13.7. The van der Waals surface area contributed by atoms with Crippen molar-refractivity contribution in [1.82, 2.24) is 16.0 Å². The molecule has 1 heterocycles. The van der Waals surface area contributed by atoms with E-state index < -0.39 is 13.2 Å². The molecule has 4 aliphatic carbocycles. The number of carbonyl (C=O) groups is 3. The zero-order chi connectivity index (χ0) is 29.4. The summed E-state index contributed by atoms with van der Waals surface area (Å²) in [5, 5.41) is 8.90. The van der Waals surface area contributed by atoms with Crippen molar-refractivity contribution < 1.29 is 23.7 Å². The van der Waals surface area contributed by atoms with Crippen molar-refractivity contribution >= 4 is 24.8 Å². The predicted octanol–water partition coefficient (Wildman–Crippen LogP) is 4.21. The summed E-state index contributed by atoms with van der Waals surface area (Å²) in [5.41, 5.74) is 1.54. The zero-order valence-corrected chi connectivity index (χ0v) is 25.5. The van der Waals surface area contributed by atoms with Crippen molar-refractivity contribution in [3.63, 3.8) is 0 Å². The van der Waals surface area contributed by atoms with Gasteiger partial charge in [0.1, 0.15) is 6.04 Å². The van der Waals surface area contributed by atoms with Crippen LogP contribution in [-0.2, 0) is 25.3 Å². The average Bonchev–Trinajstić information content (AvgIpc) is 3.74. The van der Waals surface area contributed by atoms with E-state index in [0.29, 0.717) is 23.8 Å². The Morgan fingerprint density at radius 1 is 1.02 bits per heavy atom. The minimum absolute atomic E-state index is 0.0118. The number of hydrogen-bond acceptors (Lipinski definition) is 5.